The number of alkyl halides is 1. The number of carbonyl (C=O) groups excluding carboxylic acids is 11. The lowest BCUT2D eigenvalue weighted by Crippen LogP contribution is -2.44. The summed E-state index contributed by atoms with van der Waals surface area (Å²) in [6, 6.07) is 3.91. The molecule has 4 saturated heterocycles. The number of ether oxygens (including phenoxy) is 3. The van der Waals surface area contributed by atoms with E-state index in [1.165, 1.54) is 18.2 Å². The third-order valence-corrected chi connectivity index (χ3v) is 12.2. The molecule has 7 rings (SSSR count). The van der Waals surface area contributed by atoms with Crippen molar-refractivity contribution in [2.45, 2.75) is 116 Å². The molecule has 0 radical (unpaired) electrons. The number of hydrogen-bond donors (Lipinski definition) is 9. The first-order valence-corrected chi connectivity index (χ1v) is 27.6. The highest BCUT2D eigenvalue weighted by Crippen LogP contribution is 2.23. The Bertz CT molecular complexity index is 3070. The first kappa shape index (κ1) is 72.4. The van der Waals surface area contributed by atoms with E-state index < -0.39 is 112 Å². The number of likely N-dealkylation sites (tertiary alicyclic amines) is 3. The van der Waals surface area contributed by atoms with E-state index in [2.05, 4.69) is 42.2 Å². The minimum Gasteiger partial charge on any atom is -0.471 e. The Hall–Kier alpha value is -7.88. The molecule has 33 heteroatoms. The zero-order chi connectivity index (χ0) is 65.0. The lowest BCUT2D eigenvalue weighted by atomic mass is 10.1. The van der Waals surface area contributed by atoms with Crippen LogP contribution < -0.4 is 37.3 Å². The molecule has 3 aromatic rings. The number of benzene rings is 2. The van der Waals surface area contributed by atoms with Crippen molar-refractivity contribution in [2.75, 3.05) is 51.4 Å². The summed E-state index contributed by atoms with van der Waals surface area (Å²) in [6.07, 6.45) is -0.599. The molecule has 1 aromatic heterocycles. The lowest BCUT2D eigenvalue weighted by Gasteiger charge is -2.21. The predicted octanol–water partition coefficient (Wildman–Crippen LogP) is -0.103. The fraction of sp³-hybridized carbons (Fsp3) is 0.491. The average Bonchev–Trinajstić information content (AvgIpc) is 1.75. The second-order valence-electron chi connectivity index (χ2n) is 20.6. The molecule has 4 atom stereocenters. The Morgan fingerprint density at radius 3 is 1.64 bits per heavy atom. The quantitative estimate of drug-likeness (QED) is 0.0708. The van der Waals surface area contributed by atoms with Crippen LogP contribution in [0.1, 0.15) is 88.7 Å². The highest BCUT2D eigenvalue weighted by atomic mass is 79.9. The number of aryl methyl sites for hydroxylation is 1. The highest BCUT2D eigenvalue weighted by Gasteiger charge is 2.41. The second-order valence-corrected chi connectivity index (χ2v) is 21.7. The number of carbonyl (C=O) groups is 11. The number of amides is 11. The molecular weight excluding hydrogens is 1230 g/mol. The van der Waals surface area contributed by atoms with E-state index >= 15 is 0 Å². The van der Waals surface area contributed by atoms with Gasteiger partial charge in [-0.2, -0.15) is 0 Å². The summed E-state index contributed by atoms with van der Waals surface area (Å²) < 4.78 is 43.4. The maximum atomic E-state index is 13.9. The molecule has 11 amide bonds. The number of nitrogens with two attached hydrogens (primary N) is 1. The average molecular weight is 1300 g/mol. The predicted molar refractivity (Wildman–Crippen MR) is 300 cm³/mol. The van der Waals surface area contributed by atoms with Gasteiger partial charge < -0.3 is 56.3 Å². The van der Waals surface area contributed by atoms with Gasteiger partial charge in [0.25, 0.3) is 23.3 Å². The zero-order valence-corrected chi connectivity index (χ0v) is 50.1. The van der Waals surface area contributed by atoms with E-state index in [-0.39, 0.29) is 112 Å². The molecule has 472 valence electrons. The van der Waals surface area contributed by atoms with Gasteiger partial charge in [0.2, 0.25) is 41.3 Å². The van der Waals surface area contributed by atoms with Gasteiger partial charge in [-0.05, 0) is 78.3 Å². The molecule has 4 fully saturated rings. The third-order valence-electron chi connectivity index (χ3n) is 11.5. The molecule has 29 nitrogen and oxygen atoms in total. The minimum atomic E-state index is -1.08. The normalized spacial score (nSPS) is 18.2. The molecule has 4 aliphatic heterocycles. The molecule has 0 spiro atoms. The summed E-state index contributed by atoms with van der Waals surface area (Å²) in [5, 5.41) is 43.6. The summed E-state index contributed by atoms with van der Waals surface area (Å²) >= 11 is 9.17. The second kappa shape index (κ2) is 33.1. The van der Waals surface area contributed by atoms with E-state index in [1.54, 1.807) is 54.5 Å². The Labute approximate surface area is 503 Å². The standard InChI is InChI=1S/C25H21ClF2N4O6.C11H18N2O5.C9H14N2O4.C6H10N2O3.C2H5BrO/c1-13-2-3-14(22(35)30-18-10-20(34)31(6-7-33)24(18)36)8-19(13)32-12-29-23(21(26)25(32)37)38-11-15-4-5-16(27)9-17(15)28;1-11(2,3)18-10(17)12-7-6-8(15)13(4-5-14)9(7)16;1-9(2,3)15-8(14)10-5-4-6(12)11-7(5)13;7-4-3-5(10)8(1-2-9)6(4)11;3-1-2-4/h2-5,8-9,12,18,33H,6-7,10-11H2,1H3,(H,30,35);7,14H,4-6H2,1-3H3,(H,12,17);5H,4H2,1-3H3,(H,10,14)(H,11,12,13);4,9H,1-3,7H2;4H,1-2H2/t18-;7-;5-;4-;/m0000./s1. The molecule has 0 bridgehead atoms. The van der Waals surface area contributed by atoms with Crippen LogP contribution in [0.2, 0.25) is 5.02 Å². The van der Waals surface area contributed by atoms with Gasteiger partial charge in [-0.15, -0.1) is 0 Å². The number of alkyl carbamates (subject to hydrolysis) is 2. The first-order valence-electron chi connectivity index (χ1n) is 26.1. The number of hydrogen-bond acceptors (Lipinski definition) is 21. The summed E-state index contributed by atoms with van der Waals surface area (Å²) in [4.78, 5) is 147. The van der Waals surface area contributed by atoms with Crippen molar-refractivity contribution in [2.24, 2.45) is 5.73 Å². The topological polar surface area (TPSA) is 415 Å². The van der Waals surface area contributed by atoms with Crippen LogP contribution in [-0.2, 0) is 54.4 Å². The first-order chi connectivity index (χ1) is 40.2. The number of β-amino-alcohol motifs (C(OH)–C–C–N with tert-alkyl or cyclic N) is 3. The van der Waals surface area contributed by atoms with Crippen molar-refractivity contribution in [1.29, 1.82) is 0 Å². The fourth-order valence-electron chi connectivity index (χ4n) is 7.60. The third kappa shape index (κ3) is 21.9. The monoisotopic (exact) mass is 1300 g/mol. The van der Waals surface area contributed by atoms with Crippen LogP contribution in [0.15, 0.2) is 47.5 Å². The van der Waals surface area contributed by atoms with Crippen molar-refractivity contribution in [3.05, 3.63) is 86.4 Å². The molecule has 0 unspecified atom stereocenters. The van der Waals surface area contributed by atoms with Gasteiger partial charge in [0.15, 0.2) is 5.02 Å². The van der Waals surface area contributed by atoms with Crippen LogP contribution in [0.25, 0.3) is 5.69 Å². The van der Waals surface area contributed by atoms with E-state index in [0.717, 1.165) is 31.7 Å². The van der Waals surface area contributed by atoms with Gasteiger partial charge in [-0.3, -0.25) is 72.5 Å². The highest BCUT2D eigenvalue weighted by molar-refractivity contribution is 9.09. The van der Waals surface area contributed by atoms with Crippen molar-refractivity contribution in [3.8, 4) is 11.6 Å². The van der Waals surface area contributed by atoms with Crippen LogP contribution in [0.5, 0.6) is 5.88 Å². The Balaban J connectivity index is 0.000000333. The van der Waals surface area contributed by atoms with Crippen LogP contribution >= 0.6 is 27.5 Å². The van der Waals surface area contributed by atoms with E-state index in [4.69, 9.17) is 52.0 Å². The molecule has 10 N–H and O–H groups in total. The number of aromatic nitrogens is 2. The Morgan fingerprint density at radius 1 is 0.709 bits per heavy atom. The van der Waals surface area contributed by atoms with E-state index in [9.17, 15) is 66.3 Å². The smallest absolute Gasteiger partial charge is 0.408 e. The Kier molecular flexibility index (Phi) is 27.9. The molecule has 4 aliphatic rings. The maximum Gasteiger partial charge on any atom is 0.408 e. The van der Waals surface area contributed by atoms with E-state index in [1.807, 2.05) is 0 Å². The Morgan fingerprint density at radius 2 is 1.20 bits per heavy atom. The number of aliphatic hydroxyl groups is 4. The number of halogens is 4. The largest absolute Gasteiger partial charge is 0.471 e. The van der Waals surface area contributed by atoms with Crippen LogP contribution in [0.3, 0.4) is 0 Å². The van der Waals surface area contributed by atoms with E-state index in [0.29, 0.717) is 17.0 Å². The minimum absolute atomic E-state index is 0.0297. The van der Waals surface area contributed by atoms with Crippen molar-refractivity contribution in [1.82, 2.24) is 45.5 Å². The zero-order valence-electron chi connectivity index (χ0n) is 47.8. The van der Waals surface area contributed by atoms with Gasteiger partial charge in [0.05, 0.1) is 83.5 Å². The summed E-state index contributed by atoms with van der Waals surface area (Å²) in [5.74, 6) is -6.10. The van der Waals surface area contributed by atoms with Crippen molar-refractivity contribution >= 4 is 92.9 Å². The summed E-state index contributed by atoms with van der Waals surface area (Å²) in [6.45, 7) is 10.8. The van der Waals surface area contributed by atoms with Gasteiger partial charge in [0.1, 0.15) is 53.9 Å². The lowest BCUT2D eigenvalue weighted by molar-refractivity contribution is -0.140. The fourth-order valence-corrected chi connectivity index (χ4v) is 7.79. The number of rotatable bonds is 15. The van der Waals surface area contributed by atoms with Gasteiger partial charge >= 0.3 is 12.2 Å². The number of imide groups is 4. The van der Waals surface area contributed by atoms with Crippen molar-refractivity contribution < 1.29 is 96.2 Å². The molecule has 5 heterocycles. The van der Waals surface area contributed by atoms with Crippen molar-refractivity contribution in [3.63, 3.8) is 0 Å². The summed E-state index contributed by atoms with van der Waals surface area (Å²) in [5.41, 5.74) is 4.27. The number of nitrogens with one attached hydrogen (secondary N) is 4. The molecule has 86 heavy (non-hydrogen) atoms. The van der Waals surface area contributed by atoms with Gasteiger partial charge in [0, 0.05) is 22.5 Å². The molecule has 2 aromatic carbocycles. The molecule has 0 saturated carbocycles. The maximum absolute atomic E-state index is 13.9. The number of aliphatic hydroxyl groups excluding tert-OH is 4. The van der Waals surface area contributed by atoms with Crippen LogP contribution in [0, 0.1) is 18.6 Å². The molecule has 0 aliphatic carbocycles. The molecular formula is C53H68BrClF2N10O19. The SMILES string of the molecule is CC(C)(C)OC(=O)N[C@H]1CC(=O)N(CCO)C1=O.CC(C)(C)OC(=O)N[C@H]1CC(=O)NC1=O.Cc1ccc(C(=O)N[C@H]2CC(=O)N(CCO)C2=O)cc1-n1cnc(OCc2ccc(F)cc2F)c(Cl)c1=O.N[C@H]1CC(=O)N(CCO)C1=O.OCCBr. The summed E-state index contributed by atoms with van der Waals surface area (Å²) in [7, 11) is 0. The van der Waals surface area contributed by atoms with Gasteiger partial charge in [-0.25, -0.2) is 23.4 Å². The van der Waals surface area contributed by atoms with Gasteiger partial charge in [-0.1, -0.05) is 33.6 Å². The van der Waals surface area contributed by atoms with Crippen LogP contribution in [0.4, 0.5) is 18.4 Å². The van der Waals surface area contributed by atoms with Crippen LogP contribution in [-0.4, -0.2) is 197 Å². The number of nitrogens with zero attached hydrogens (tertiary/aromatic N) is 5.